The van der Waals surface area contributed by atoms with Gasteiger partial charge in [0, 0.05) is 19.2 Å². The number of rotatable bonds is 3. The molecule has 0 bridgehead atoms. The Morgan fingerprint density at radius 2 is 1.86 bits per heavy atom. The van der Waals surface area contributed by atoms with E-state index in [-0.39, 0.29) is 0 Å². The molecule has 2 rings (SSSR count). The Bertz CT molecular complexity index is 169. The van der Waals surface area contributed by atoms with E-state index in [2.05, 4.69) is 10.6 Å². The highest BCUT2D eigenvalue weighted by Gasteiger charge is 2.26. The molecule has 3 nitrogen and oxygen atoms in total. The number of hydrogen-bond acceptors (Lipinski definition) is 3. The van der Waals surface area contributed by atoms with Crippen LogP contribution >= 0.6 is 0 Å². The fourth-order valence-electron chi connectivity index (χ4n) is 2.63. The number of methoxy groups -OCH3 is 1. The molecule has 1 heterocycles. The van der Waals surface area contributed by atoms with Crippen LogP contribution in [0, 0.1) is 0 Å². The molecule has 1 aliphatic heterocycles. The largest absolute Gasteiger partial charge is 0.381 e. The van der Waals surface area contributed by atoms with E-state index in [1.165, 1.54) is 45.2 Å². The van der Waals surface area contributed by atoms with E-state index in [9.17, 15) is 0 Å². The van der Waals surface area contributed by atoms with Gasteiger partial charge in [-0.3, -0.25) is 0 Å². The Kier molecular flexibility index (Phi) is 3.79. The Morgan fingerprint density at radius 1 is 1.07 bits per heavy atom. The van der Waals surface area contributed by atoms with Crippen LogP contribution in [0.5, 0.6) is 0 Å². The maximum atomic E-state index is 5.38. The fourth-order valence-corrected chi connectivity index (χ4v) is 2.63. The fraction of sp³-hybridized carbons (Fsp3) is 1.00. The van der Waals surface area contributed by atoms with Crippen LogP contribution in [-0.2, 0) is 4.74 Å². The molecule has 3 heteroatoms. The second-order valence-corrected chi connectivity index (χ2v) is 4.56. The topological polar surface area (TPSA) is 33.3 Å². The highest BCUT2D eigenvalue weighted by molar-refractivity contribution is 4.85. The van der Waals surface area contributed by atoms with E-state index < -0.39 is 0 Å². The minimum atomic E-state index is 0.509. The van der Waals surface area contributed by atoms with Crippen LogP contribution in [-0.4, -0.2) is 38.4 Å². The Labute approximate surface area is 86.6 Å². The van der Waals surface area contributed by atoms with Crippen LogP contribution in [0.2, 0.25) is 0 Å². The van der Waals surface area contributed by atoms with Crippen LogP contribution in [0.15, 0.2) is 0 Å². The first-order valence-electron chi connectivity index (χ1n) is 5.88. The molecule has 82 valence electrons. The number of nitrogens with one attached hydrogen (secondary N) is 2. The van der Waals surface area contributed by atoms with Gasteiger partial charge in [0.25, 0.3) is 0 Å². The maximum absolute atomic E-state index is 5.38. The predicted octanol–water partition coefficient (Wildman–Crippen LogP) is 0.895. The Balaban J connectivity index is 1.69. The van der Waals surface area contributed by atoms with E-state index >= 15 is 0 Å². The molecular formula is C11H22N2O. The lowest BCUT2D eigenvalue weighted by Crippen LogP contribution is -2.44. The van der Waals surface area contributed by atoms with Crippen molar-refractivity contribution in [1.29, 1.82) is 0 Å². The first-order chi connectivity index (χ1) is 6.88. The van der Waals surface area contributed by atoms with Gasteiger partial charge >= 0.3 is 0 Å². The SMILES string of the molecule is COC1CCC(NC2CCNCC2)C1. The van der Waals surface area contributed by atoms with Crippen LogP contribution < -0.4 is 10.6 Å². The van der Waals surface area contributed by atoms with Crippen molar-refractivity contribution < 1.29 is 4.74 Å². The third-order valence-electron chi connectivity index (χ3n) is 3.53. The molecule has 0 aromatic carbocycles. The van der Waals surface area contributed by atoms with Gasteiger partial charge in [-0.2, -0.15) is 0 Å². The highest BCUT2D eigenvalue weighted by atomic mass is 16.5. The summed E-state index contributed by atoms with van der Waals surface area (Å²) < 4.78 is 5.38. The lowest BCUT2D eigenvalue weighted by atomic mass is 10.1. The van der Waals surface area contributed by atoms with Crippen molar-refractivity contribution in [3.63, 3.8) is 0 Å². The van der Waals surface area contributed by atoms with E-state index in [1.54, 1.807) is 0 Å². The summed E-state index contributed by atoms with van der Waals surface area (Å²) >= 11 is 0. The second-order valence-electron chi connectivity index (χ2n) is 4.56. The predicted molar refractivity (Wildman–Crippen MR) is 57.5 cm³/mol. The maximum Gasteiger partial charge on any atom is 0.0586 e. The van der Waals surface area contributed by atoms with Gasteiger partial charge in [-0.15, -0.1) is 0 Å². The summed E-state index contributed by atoms with van der Waals surface area (Å²) in [6, 6.07) is 1.46. The first kappa shape index (κ1) is 10.4. The zero-order valence-electron chi connectivity index (χ0n) is 9.09. The average molecular weight is 198 g/mol. The molecule has 0 aromatic heterocycles. The van der Waals surface area contributed by atoms with Gasteiger partial charge in [-0.1, -0.05) is 0 Å². The Morgan fingerprint density at radius 3 is 2.50 bits per heavy atom. The molecular weight excluding hydrogens is 176 g/mol. The molecule has 0 amide bonds. The summed E-state index contributed by atoms with van der Waals surface area (Å²) in [6.07, 6.45) is 6.82. The molecule has 14 heavy (non-hydrogen) atoms. The lowest BCUT2D eigenvalue weighted by Gasteiger charge is -2.27. The number of hydrogen-bond donors (Lipinski definition) is 2. The molecule has 2 aliphatic rings. The van der Waals surface area contributed by atoms with Crippen molar-refractivity contribution in [3.05, 3.63) is 0 Å². The lowest BCUT2D eigenvalue weighted by molar-refractivity contribution is 0.106. The molecule has 1 saturated carbocycles. The summed E-state index contributed by atoms with van der Waals surface area (Å²) in [5.41, 5.74) is 0. The van der Waals surface area contributed by atoms with Crippen molar-refractivity contribution in [1.82, 2.24) is 10.6 Å². The van der Waals surface area contributed by atoms with Crippen molar-refractivity contribution in [2.24, 2.45) is 0 Å². The summed E-state index contributed by atoms with van der Waals surface area (Å²) in [5, 5.41) is 7.16. The quantitative estimate of drug-likeness (QED) is 0.707. The molecule has 2 N–H and O–H groups in total. The van der Waals surface area contributed by atoms with Gasteiger partial charge in [0.2, 0.25) is 0 Å². The molecule has 2 unspecified atom stereocenters. The van der Waals surface area contributed by atoms with Gasteiger partial charge in [0.05, 0.1) is 6.10 Å². The third kappa shape index (κ3) is 2.69. The monoisotopic (exact) mass is 198 g/mol. The van der Waals surface area contributed by atoms with Gasteiger partial charge < -0.3 is 15.4 Å². The second kappa shape index (κ2) is 5.10. The molecule has 0 aromatic rings. The van der Waals surface area contributed by atoms with E-state index in [0.717, 1.165) is 6.04 Å². The van der Waals surface area contributed by atoms with Gasteiger partial charge in [-0.25, -0.2) is 0 Å². The summed E-state index contributed by atoms with van der Waals surface area (Å²) in [6.45, 7) is 2.36. The minimum Gasteiger partial charge on any atom is -0.381 e. The van der Waals surface area contributed by atoms with Crippen LogP contribution in [0.1, 0.15) is 32.1 Å². The van der Waals surface area contributed by atoms with Crippen LogP contribution in [0.4, 0.5) is 0 Å². The van der Waals surface area contributed by atoms with Crippen LogP contribution in [0.25, 0.3) is 0 Å². The third-order valence-corrected chi connectivity index (χ3v) is 3.53. The molecule has 1 aliphatic carbocycles. The minimum absolute atomic E-state index is 0.509. The summed E-state index contributed by atoms with van der Waals surface area (Å²) in [4.78, 5) is 0. The van der Waals surface area contributed by atoms with Crippen molar-refractivity contribution in [2.75, 3.05) is 20.2 Å². The molecule has 2 fully saturated rings. The van der Waals surface area contributed by atoms with Crippen molar-refractivity contribution in [3.8, 4) is 0 Å². The zero-order valence-corrected chi connectivity index (χ0v) is 9.09. The number of ether oxygens (including phenoxy) is 1. The Hall–Kier alpha value is -0.120. The molecule has 0 radical (unpaired) electrons. The van der Waals surface area contributed by atoms with E-state index in [0.29, 0.717) is 12.1 Å². The number of piperidine rings is 1. The average Bonchev–Trinajstić information content (AvgIpc) is 2.67. The van der Waals surface area contributed by atoms with E-state index in [1.807, 2.05) is 7.11 Å². The van der Waals surface area contributed by atoms with Gasteiger partial charge in [0.15, 0.2) is 0 Å². The molecule has 1 saturated heterocycles. The van der Waals surface area contributed by atoms with Crippen molar-refractivity contribution >= 4 is 0 Å². The summed E-state index contributed by atoms with van der Waals surface area (Å²) in [5.74, 6) is 0. The van der Waals surface area contributed by atoms with Gasteiger partial charge in [-0.05, 0) is 45.2 Å². The zero-order chi connectivity index (χ0) is 9.80. The van der Waals surface area contributed by atoms with E-state index in [4.69, 9.17) is 4.74 Å². The standard InChI is InChI=1S/C11H22N2O/c1-14-11-3-2-10(8-11)13-9-4-6-12-7-5-9/h9-13H,2-8H2,1H3. The normalized spacial score (nSPS) is 34.9. The highest BCUT2D eigenvalue weighted by Crippen LogP contribution is 2.22. The summed E-state index contributed by atoms with van der Waals surface area (Å²) in [7, 11) is 1.83. The van der Waals surface area contributed by atoms with Crippen molar-refractivity contribution in [2.45, 2.75) is 50.3 Å². The van der Waals surface area contributed by atoms with Crippen LogP contribution in [0.3, 0.4) is 0 Å². The first-order valence-corrected chi connectivity index (χ1v) is 5.88. The molecule has 2 atom stereocenters. The smallest absolute Gasteiger partial charge is 0.0586 e. The molecule has 0 spiro atoms. The van der Waals surface area contributed by atoms with Gasteiger partial charge in [0.1, 0.15) is 0 Å².